The summed E-state index contributed by atoms with van der Waals surface area (Å²) < 4.78 is 0. The van der Waals surface area contributed by atoms with Gasteiger partial charge >= 0.3 is 0 Å². The van der Waals surface area contributed by atoms with Crippen molar-refractivity contribution in [3.63, 3.8) is 0 Å². The maximum atomic E-state index is 4.47. The lowest BCUT2D eigenvalue weighted by Crippen LogP contribution is -2.46. The van der Waals surface area contributed by atoms with Gasteiger partial charge in [0, 0.05) is 38.6 Å². The van der Waals surface area contributed by atoms with Gasteiger partial charge < -0.3 is 4.90 Å². The SMILES string of the molecule is c1ccc2c(CN3CCN(c4ccc(C5CC5)nn4)CC3)cccc2c1. The van der Waals surface area contributed by atoms with Crippen LogP contribution in [-0.2, 0) is 6.54 Å². The Morgan fingerprint density at radius 1 is 0.808 bits per heavy atom. The van der Waals surface area contributed by atoms with Crippen LogP contribution in [0.4, 0.5) is 5.82 Å². The summed E-state index contributed by atoms with van der Waals surface area (Å²) in [7, 11) is 0. The van der Waals surface area contributed by atoms with E-state index in [1.165, 1.54) is 34.9 Å². The molecule has 5 rings (SSSR count). The first-order valence-corrected chi connectivity index (χ1v) is 9.64. The van der Waals surface area contributed by atoms with Crippen LogP contribution in [0.1, 0.15) is 30.0 Å². The Morgan fingerprint density at radius 3 is 2.38 bits per heavy atom. The topological polar surface area (TPSA) is 32.3 Å². The number of nitrogens with zero attached hydrogens (tertiary/aromatic N) is 4. The van der Waals surface area contributed by atoms with Crippen LogP contribution >= 0.6 is 0 Å². The van der Waals surface area contributed by atoms with Crippen LogP contribution in [-0.4, -0.2) is 41.3 Å². The highest BCUT2D eigenvalue weighted by molar-refractivity contribution is 5.85. The fourth-order valence-corrected chi connectivity index (χ4v) is 3.91. The van der Waals surface area contributed by atoms with Gasteiger partial charge in [0.15, 0.2) is 5.82 Å². The molecular weight excluding hydrogens is 320 g/mol. The molecule has 1 saturated heterocycles. The second-order valence-corrected chi connectivity index (χ2v) is 7.49. The first-order chi connectivity index (χ1) is 12.9. The molecule has 1 aliphatic heterocycles. The van der Waals surface area contributed by atoms with Crippen molar-refractivity contribution in [2.75, 3.05) is 31.1 Å². The van der Waals surface area contributed by atoms with E-state index in [0.717, 1.165) is 38.5 Å². The van der Waals surface area contributed by atoms with Crippen LogP contribution in [0.25, 0.3) is 10.8 Å². The smallest absolute Gasteiger partial charge is 0.151 e. The minimum atomic E-state index is 0.675. The molecule has 2 heterocycles. The molecule has 132 valence electrons. The monoisotopic (exact) mass is 344 g/mol. The Morgan fingerprint density at radius 2 is 1.62 bits per heavy atom. The number of anilines is 1. The highest BCUT2D eigenvalue weighted by Gasteiger charge is 2.26. The highest BCUT2D eigenvalue weighted by Crippen LogP contribution is 2.38. The van der Waals surface area contributed by atoms with Crippen molar-refractivity contribution in [3.05, 3.63) is 65.9 Å². The molecule has 4 nitrogen and oxygen atoms in total. The van der Waals surface area contributed by atoms with Crippen LogP contribution in [0.3, 0.4) is 0 Å². The third-order valence-electron chi connectivity index (χ3n) is 5.64. The maximum Gasteiger partial charge on any atom is 0.151 e. The molecule has 3 aromatic rings. The average Bonchev–Trinajstić information content (AvgIpc) is 3.55. The summed E-state index contributed by atoms with van der Waals surface area (Å²) in [6.07, 6.45) is 2.56. The lowest BCUT2D eigenvalue weighted by Gasteiger charge is -2.35. The zero-order chi connectivity index (χ0) is 17.3. The van der Waals surface area contributed by atoms with E-state index in [9.17, 15) is 0 Å². The van der Waals surface area contributed by atoms with Gasteiger partial charge in [0.25, 0.3) is 0 Å². The van der Waals surface area contributed by atoms with E-state index in [2.05, 4.69) is 74.6 Å². The summed E-state index contributed by atoms with van der Waals surface area (Å²) in [6.45, 7) is 5.18. The molecule has 1 aromatic heterocycles. The highest BCUT2D eigenvalue weighted by atomic mass is 15.3. The first kappa shape index (κ1) is 15.8. The largest absolute Gasteiger partial charge is 0.353 e. The molecular formula is C22H24N4. The summed E-state index contributed by atoms with van der Waals surface area (Å²) >= 11 is 0. The van der Waals surface area contributed by atoms with Crippen molar-refractivity contribution in [1.29, 1.82) is 0 Å². The molecule has 0 N–H and O–H groups in total. The van der Waals surface area contributed by atoms with Crippen LogP contribution < -0.4 is 4.90 Å². The minimum Gasteiger partial charge on any atom is -0.353 e. The summed E-state index contributed by atoms with van der Waals surface area (Å²) in [6, 6.07) is 19.6. The molecule has 4 heteroatoms. The van der Waals surface area contributed by atoms with Crippen LogP contribution in [0.2, 0.25) is 0 Å². The van der Waals surface area contributed by atoms with Crippen LogP contribution in [0, 0.1) is 0 Å². The van der Waals surface area contributed by atoms with E-state index in [-0.39, 0.29) is 0 Å². The molecule has 0 atom stereocenters. The number of piperazine rings is 1. The molecule has 0 unspecified atom stereocenters. The van der Waals surface area contributed by atoms with E-state index >= 15 is 0 Å². The normalized spacial score (nSPS) is 18.4. The minimum absolute atomic E-state index is 0.675. The Bertz CT molecular complexity index is 888. The number of hydrogen-bond acceptors (Lipinski definition) is 4. The predicted molar refractivity (Wildman–Crippen MR) is 105 cm³/mol. The lowest BCUT2D eigenvalue weighted by molar-refractivity contribution is 0.250. The molecule has 2 fully saturated rings. The van der Waals surface area contributed by atoms with E-state index in [1.807, 2.05) is 0 Å². The lowest BCUT2D eigenvalue weighted by atomic mass is 10.0. The number of fused-ring (bicyclic) bond motifs is 1. The second kappa shape index (κ2) is 6.69. The van der Waals surface area contributed by atoms with Crippen molar-refractivity contribution >= 4 is 16.6 Å². The van der Waals surface area contributed by atoms with Crippen molar-refractivity contribution in [3.8, 4) is 0 Å². The van der Waals surface area contributed by atoms with E-state index < -0.39 is 0 Å². The molecule has 26 heavy (non-hydrogen) atoms. The van der Waals surface area contributed by atoms with Crippen LogP contribution in [0.5, 0.6) is 0 Å². The average molecular weight is 344 g/mol. The molecule has 1 saturated carbocycles. The quantitative estimate of drug-likeness (QED) is 0.720. The van der Waals surface area contributed by atoms with E-state index in [4.69, 9.17) is 0 Å². The fraction of sp³-hybridized carbons (Fsp3) is 0.364. The molecule has 0 radical (unpaired) electrons. The van der Waals surface area contributed by atoms with Gasteiger partial charge in [-0.3, -0.25) is 4.90 Å². The Labute approximate surface area is 154 Å². The third kappa shape index (κ3) is 3.17. The number of rotatable bonds is 4. The number of benzene rings is 2. The molecule has 0 spiro atoms. The molecule has 2 aromatic carbocycles. The predicted octanol–water partition coefficient (Wildman–Crippen LogP) is 3.83. The van der Waals surface area contributed by atoms with Gasteiger partial charge in [-0.05, 0) is 41.3 Å². The Kier molecular flexibility index (Phi) is 4.06. The summed E-state index contributed by atoms with van der Waals surface area (Å²) in [5.41, 5.74) is 2.59. The van der Waals surface area contributed by atoms with Gasteiger partial charge in [0.05, 0.1) is 5.69 Å². The van der Waals surface area contributed by atoms with Gasteiger partial charge in [0.2, 0.25) is 0 Å². The summed E-state index contributed by atoms with van der Waals surface area (Å²) in [5.74, 6) is 1.70. The molecule has 0 bridgehead atoms. The van der Waals surface area contributed by atoms with Gasteiger partial charge in [-0.25, -0.2) is 0 Å². The van der Waals surface area contributed by atoms with Crippen LogP contribution in [0.15, 0.2) is 54.6 Å². The fourth-order valence-electron chi connectivity index (χ4n) is 3.91. The number of hydrogen-bond donors (Lipinski definition) is 0. The Balaban J connectivity index is 1.24. The van der Waals surface area contributed by atoms with Crippen molar-refractivity contribution in [2.24, 2.45) is 0 Å². The third-order valence-corrected chi connectivity index (χ3v) is 5.64. The molecule has 1 aliphatic carbocycles. The van der Waals surface area contributed by atoms with Gasteiger partial charge in [-0.1, -0.05) is 42.5 Å². The zero-order valence-corrected chi connectivity index (χ0v) is 15.0. The molecule has 0 amide bonds. The molecule has 2 aliphatic rings. The van der Waals surface area contributed by atoms with E-state index in [1.54, 1.807) is 0 Å². The first-order valence-electron chi connectivity index (χ1n) is 9.64. The van der Waals surface area contributed by atoms with Crippen molar-refractivity contribution < 1.29 is 0 Å². The standard InChI is InChI=1S/C22H24N4/c1-2-7-20-17(4-1)5-3-6-19(20)16-25-12-14-26(15-13-25)22-11-10-21(23-24-22)18-8-9-18/h1-7,10-11,18H,8-9,12-16H2. The zero-order valence-electron chi connectivity index (χ0n) is 15.0. The van der Waals surface area contributed by atoms with Crippen molar-refractivity contribution in [1.82, 2.24) is 15.1 Å². The van der Waals surface area contributed by atoms with Gasteiger partial charge in [-0.15, -0.1) is 5.10 Å². The number of aromatic nitrogens is 2. The van der Waals surface area contributed by atoms with E-state index in [0.29, 0.717) is 5.92 Å². The maximum absolute atomic E-state index is 4.47. The summed E-state index contributed by atoms with van der Waals surface area (Å²) in [5, 5.41) is 11.6. The second-order valence-electron chi connectivity index (χ2n) is 7.49. The summed E-state index contributed by atoms with van der Waals surface area (Å²) in [4.78, 5) is 4.91. The van der Waals surface area contributed by atoms with Crippen molar-refractivity contribution in [2.45, 2.75) is 25.3 Å². The van der Waals surface area contributed by atoms with Gasteiger partial charge in [-0.2, -0.15) is 5.10 Å². The Hall–Kier alpha value is -2.46. The van der Waals surface area contributed by atoms with Gasteiger partial charge in [0.1, 0.15) is 0 Å².